The van der Waals surface area contributed by atoms with Gasteiger partial charge in [0.15, 0.2) is 5.75 Å². The van der Waals surface area contributed by atoms with Crippen molar-refractivity contribution in [2.24, 2.45) is 0 Å². The van der Waals surface area contributed by atoms with Crippen molar-refractivity contribution in [3.8, 4) is 5.75 Å². The molecular formula is C7H5F2O. The van der Waals surface area contributed by atoms with Crippen LogP contribution in [-0.2, 0) is 5.11 Å². The Morgan fingerprint density at radius 2 is 1.60 bits per heavy atom. The van der Waals surface area contributed by atoms with Crippen LogP contribution in [0.2, 0.25) is 0 Å². The highest BCUT2D eigenvalue weighted by atomic mass is 19.1. The van der Waals surface area contributed by atoms with Gasteiger partial charge in [0.25, 0.3) is 0 Å². The van der Waals surface area contributed by atoms with E-state index in [0.717, 1.165) is 12.1 Å². The van der Waals surface area contributed by atoms with Crippen molar-refractivity contribution >= 4 is 0 Å². The third-order valence-corrected chi connectivity index (χ3v) is 1.25. The third kappa shape index (κ3) is 1.07. The van der Waals surface area contributed by atoms with Crippen LogP contribution >= 0.6 is 0 Å². The van der Waals surface area contributed by atoms with Crippen molar-refractivity contribution in [1.82, 2.24) is 0 Å². The van der Waals surface area contributed by atoms with Crippen LogP contribution in [0.15, 0.2) is 12.1 Å². The highest BCUT2D eigenvalue weighted by Gasteiger charge is 2.05. The summed E-state index contributed by atoms with van der Waals surface area (Å²) >= 11 is 0. The molecule has 0 heterocycles. The van der Waals surface area contributed by atoms with Crippen LogP contribution in [0, 0.1) is 18.6 Å². The maximum atomic E-state index is 12.4. The number of rotatable bonds is 0. The highest BCUT2D eigenvalue weighted by Crippen LogP contribution is 2.18. The molecule has 1 aromatic carbocycles. The van der Waals surface area contributed by atoms with Gasteiger partial charge in [0.1, 0.15) is 11.6 Å². The summed E-state index contributed by atoms with van der Waals surface area (Å²) in [6.45, 7) is 1.28. The van der Waals surface area contributed by atoms with E-state index < -0.39 is 17.4 Å². The van der Waals surface area contributed by atoms with Crippen LogP contribution in [0.1, 0.15) is 5.56 Å². The lowest BCUT2D eigenvalue weighted by Gasteiger charge is -1.95. The summed E-state index contributed by atoms with van der Waals surface area (Å²) in [6.07, 6.45) is 0. The quantitative estimate of drug-likeness (QED) is 0.531. The fraction of sp³-hybridized carbons (Fsp3) is 0.143. The molecule has 0 fully saturated rings. The van der Waals surface area contributed by atoms with Crippen molar-refractivity contribution in [3.05, 3.63) is 29.3 Å². The fourth-order valence-electron chi connectivity index (χ4n) is 0.622. The van der Waals surface area contributed by atoms with Crippen LogP contribution in [0.4, 0.5) is 8.78 Å². The molecule has 1 aromatic rings. The molecule has 0 saturated carbocycles. The van der Waals surface area contributed by atoms with Gasteiger partial charge in [0.05, 0.1) is 0 Å². The lowest BCUT2D eigenvalue weighted by molar-refractivity contribution is 0.348. The molecule has 0 aromatic heterocycles. The monoisotopic (exact) mass is 143 g/mol. The zero-order valence-corrected chi connectivity index (χ0v) is 5.32. The minimum atomic E-state index is -0.787. The van der Waals surface area contributed by atoms with Crippen LogP contribution in [0.5, 0.6) is 5.75 Å². The van der Waals surface area contributed by atoms with E-state index in [1.54, 1.807) is 0 Å². The van der Waals surface area contributed by atoms with Crippen molar-refractivity contribution in [2.45, 2.75) is 6.92 Å². The Kier molecular flexibility index (Phi) is 1.57. The third-order valence-electron chi connectivity index (χ3n) is 1.25. The largest absolute Gasteiger partial charge is 0.290 e. The Bertz CT molecular complexity index is 235. The van der Waals surface area contributed by atoms with Gasteiger partial charge in [0.2, 0.25) is 0 Å². The molecule has 0 amide bonds. The Morgan fingerprint density at radius 1 is 1.20 bits per heavy atom. The van der Waals surface area contributed by atoms with Crippen LogP contribution in [0.25, 0.3) is 0 Å². The molecule has 1 radical (unpaired) electrons. The van der Waals surface area contributed by atoms with Crippen molar-refractivity contribution in [3.63, 3.8) is 0 Å². The summed E-state index contributed by atoms with van der Waals surface area (Å²) in [4.78, 5) is 0. The molecular weight excluding hydrogens is 138 g/mol. The second-order valence-electron chi connectivity index (χ2n) is 2.01. The first-order valence-electron chi connectivity index (χ1n) is 2.74. The topological polar surface area (TPSA) is 19.9 Å². The van der Waals surface area contributed by atoms with Gasteiger partial charge in [-0.2, -0.15) is 0 Å². The van der Waals surface area contributed by atoms with Gasteiger partial charge in [-0.3, -0.25) is 5.11 Å². The van der Waals surface area contributed by atoms with Gasteiger partial charge in [-0.15, -0.1) is 0 Å². The molecule has 0 atom stereocenters. The lowest BCUT2D eigenvalue weighted by atomic mass is 10.2. The van der Waals surface area contributed by atoms with E-state index in [4.69, 9.17) is 0 Å². The minimum absolute atomic E-state index is 0.111. The Hall–Kier alpha value is -1.12. The summed E-state index contributed by atoms with van der Waals surface area (Å²) in [7, 11) is 0. The SMILES string of the molecule is Cc1c(F)cc([O])cc1F. The molecule has 0 saturated heterocycles. The van der Waals surface area contributed by atoms with Gasteiger partial charge in [0, 0.05) is 17.7 Å². The van der Waals surface area contributed by atoms with E-state index >= 15 is 0 Å². The second-order valence-corrected chi connectivity index (χ2v) is 2.01. The van der Waals surface area contributed by atoms with Crippen molar-refractivity contribution in [1.29, 1.82) is 0 Å². The van der Waals surface area contributed by atoms with Gasteiger partial charge >= 0.3 is 0 Å². The molecule has 53 valence electrons. The Morgan fingerprint density at radius 3 is 2.00 bits per heavy atom. The zero-order chi connectivity index (χ0) is 7.72. The van der Waals surface area contributed by atoms with E-state index in [0.29, 0.717) is 0 Å². The smallest absolute Gasteiger partial charge is 0.184 e. The number of benzene rings is 1. The highest BCUT2D eigenvalue weighted by molar-refractivity contribution is 5.28. The summed E-state index contributed by atoms with van der Waals surface area (Å²) in [6, 6.07) is 1.52. The summed E-state index contributed by atoms with van der Waals surface area (Å²) in [5.41, 5.74) is -0.111. The molecule has 0 bridgehead atoms. The van der Waals surface area contributed by atoms with Gasteiger partial charge in [-0.1, -0.05) is 0 Å². The summed E-state index contributed by atoms with van der Waals surface area (Å²) in [5.74, 6) is -2.21. The number of hydrogen-bond acceptors (Lipinski definition) is 0. The van der Waals surface area contributed by atoms with Gasteiger partial charge < -0.3 is 0 Å². The normalized spacial score (nSPS) is 9.90. The molecule has 0 aliphatic heterocycles. The molecule has 0 spiro atoms. The molecule has 0 aliphatic rings. The average molecular weight is 143 g/mol. The standard InChI is InChI=1S/C7H5F2O/c1-4-6(8)2-5(10)3-7(4)9/h2-3H,1H3. The maximum absolute atomic E-state index is 12.4. The fourth-order valence-corrected chi connectivity index (χ4v) is 0.622. The summed E-state index contributed by atoms with van der Waals surface area (Å²) in [5, 5.41) is 10.4. The van der Waals surface area contributed by atoms with Crippen molar-refractivity contribution < 1.29 is 13.9 Å². The maximum Gasteiger partial charge on any atom is 0.184 e. The average Bonchev–Trinajstić information content (AvgIpc) is 1.82. The molecule has 0 aliphatic carbocycles. The van der Waals surface area contributed by atoms with E-state index in [1.807, 2.05) is 0 Å². The lowest BCUT2D eigenvalue weighted by Crippen LogP contribution is -1.86. The Labute approximate surface area is 56.9 Å². The second kappa shape index (κ2) is 2.25. The number of halogens is 2. The van der Waals surface area contributed by atoms with Gasteiger partial charge in [-0.05, 0) is 6.92 Å². The zero-order valence-electron chi connectivity index (χ0n) is 5.32. The van der Waals surface area contributed by atoms with E-state index in [9.17, 15) is 13.9 Å². The van der Waals surface area contributed by atoms with E-state index in [-0.39, 0.29) is 5.56 Å². The molecule has 1 nitrogen and oxygen atoms in total. The first kappa shape index (κ1) is 6.99. The first-order chi connectivity index (χ1) is 4.61. The first-order valence-corrected chi connectivity index (χ1v) is 2.74. The van der Waals surface area contributed by atoms with Crippen LogP contribution in [0.3, 0.4) is 0 Å². The predicted molar refractivity (Wildman–Crippen MR) is 31.2 cm³/mol. The van der Waals surface area contributed by atoms with E-state index in [2.05, 4.69) is 0 Å². The van der Waals surface area contributed by atoms with E-state index in [1.165, 1.54) is 6.92 Å². The van der Waals surface area contributed by atoms with Gasteiger partial charge in [-0.25, -0.2) is 8.78 Å². The number of hydrogen-bond donors (Lipinski definition) is 0. The summed E-state index contributed by atoms with van der Waals surface area (Å²) < 4.78 is 24.8. The minimum Gasteiger partial charge on any atom is -0.290 e. The molecule has 0 unspecified atom stereocenters. The molecule has 1 rings (SSSR count). The molecule has 10 heavy (non-hydrogen) atoms. The van der Waals surface area contributed by atoms with Crippen LogP contribution < -0.4 is 0 Å². The van der Waals surface area contributed by atoms with Crippen molar-refractivity contribution in [2.75, 3.05) is 0 Å². The van der Waals surface area contributed by atoms with Crippen LogP contribution in [-0.4, -0.2) is 0 Å². The molecule has 0 N–H and O–H groups in total. The predicted octanol–water partition coefficient (Wildman–Crippen LogP) is 2.42. The molecule has 3 heteroatoms. The Balaban J connectivity index is 3.31.